The van der Waals surface area contributed by atoms with E-state index in [1.165, 1.54) is 0 Å². The van der Waals surface area contributed by atoms with Crippen LogP contribution < -0.4 is 15.8 Å². The Balaban J connectivity index is 1.75. The summed E-state index contributed by atoms with van der Waals surface area (Å²) in [5.74, 6) is 0.0565. The summed E-state index contributed by atoms with van der Waals surface area (Å²) >= 11 is 0. The molecule has 2 aromatic rings. The molecule has 1 aliphatic rings. The van der Waals surface area contributed by atoms with Crippen LogP contribution in [-0.2, 0) is 11.2 Å². The molecule has 0 aliphatic carbocycles. The molecule has 0 saturated carbocycles. The van der Waals surface area contributed by atoms with Crippen LogP contribution in [0.1, 0.15) is 32.4 Å². The van der Waals surface area contributed by atoms with E-state index < -0.39 is 0 Å². The molecule has 7 nitrogen and oxygen atoms in total. The van der Waals surface area contributed by atoms with E-state index in [0.717, 1.165) is 42.6 Å². The first-order valence-electron chi connectivity index (χ1n) is 11.1. The van der Waals surface area contributed by atoms with Crippen LogP contribution in [0.3, 0.4) is 0 Å². The smallest absolute Gasteiger partial charge is 0.271 e. The summed E-state index contributed by atoms with van der Waals surface area (Å²) in [5.41, 5.74) is 3.66. The van der Waals surface area contributed by atoms with Gasteiger partial charge in [0.25, 0.3) is 5.56 Å². The van der Waals surface area contributed by atoms with E-state index in [0.29, 0.717) is 25.3 Å². The lowest BCUT2D eigenvalue weighted by molar-refractivity contribution is -0.127. The molecule has 2 N–H and O–H groups in total. The Kier molecular flexibility index (Phi) is 8.00. The van der Waals surface area contributed by atoms with E-state index in [9.17, 15) is 9.59 Å². The van der Waals surface area contributed by atoms with Crippen LogP contribution in [0.2, 0.25) is 0 Å². The molecular formula is C24H33N5O2. The molecule has 0 spiro atoms. The zero-order valence-corrected chi connectivity index (χ0v) is 18.7. The van der Waals surface area contributed by atoms with Crippen LogP contribution in [-0.4, -0.2) is 60.0 Å². The second kappa shape index (κ2) is 10.9. The molecule has 0 unspecified atom stereocenters. The first-order valence-corrected chi connectivity index (χ1v) is 11.1. The van der Waals surface area contributed by atoms with Crippen molar-refractivity contribution >= 4 is 11.6 Å². The van der Waals surface area contributed by atoms with Crippen molar-refractivity contribution in [2.24, 2.45) is 0 Å². The highest BCUT2D eigenvalue weighted by molar-refractivity contribution is 5.87. The lowest BCUT2D eigenvalue weighted by Crippen LogP contribution is -2.47. The third-order valence-electron chi connectivity index (χ3n) is 5.85. The third kappa shape index (κ3) is 5.61. The van der Waals surface area contributed by atoms with Crippen molar-refractivity contribution in [1.29, 1.82) is 0 Å². The molecule has 0 aromatic carbocycles. The van der Waals surface area contributed by atoms with Gasteiger partial charge in [-0.25, -0.2) is 0 Å². The summed E-state index contributed by atoms with van der Waals surface area (Å²) in [6, 6.07) is 6.25. The number of aryl methyl sites for hydroxylation is 1. The maximum atomic E-state index is 12.7. The predicted octanol–water partition coefficient (Wildman–Crippen LogP) is 2.59. The van der Waals surface area contributed by atoms with Crippen molar-refractivity contribution in [2.45, 2.75) is 39.2 Å². The van der Waals surface area contributed by atoms with E-state index in [-0.39, 0.29) is 17.5 Å². The van der Waals surface area contributed by atoms with Gasteiger partial charge in [0.15, 0.2) is 0 Å². The van der Waals surface area contributed by atoms with Crippen LogP contribution in [0.15, 0.2) is 47.5 Å². The van der Waals surface area contributed by atoms with Crippen LogP contribution >= 0.6 is 0 Å². The maximum Gasteiger partial charge on any atom is 0.271 e. The Bertz CT molecular complexity index is 960. The molecule has 3 rings (SSSR count). The lowest BCUT2D eigenvalue weighted by Gasteiger charge is -2.38. The number of nitrogens with one attached hydrogen (secondary N) is 2. The molecule has 31 heavy (non-hydrogen) atoms. The Morgan fingerprint density at radius 3 is 2.74 bits per heavy atom. The van der Waals surface area contributed by atoms with Gasteiger partial charge in [0, 0.05) is 61.9 Å². The number of nitrogens with zero attached hydrogens (tertiary/aromatic N) is 3. The second-order valence-electron chi connectivity index (χ2n) is 7.79. The average molecular weight is 424 g/mol. The van der Waals surface area contributed by atoms with Crippen molar-refractivity contribution in [1.82, 2.24) is 20.2 Å². The predicted molar refractivity (Wildman–Crippen MR) is 125 cm³/mol. The number of aromatic amines is 1. The number of carbonyl (C=O) groups is 1. The Morgan fingerprint density at radius 1 is 1.29 bits per heavy atom. The van der Waals surface area contributed by atoms with Crippen molar-refractivity contribution < 1.29 is 4.79 Å². The van der Waals surface area contributed by atoms with Crippen LogP contribution in [0.25, 0.3) is 11.1 Å². The summed E-state index contributed by atoms with van der Waals surface area (Å²) in [6.45, 7) is 6.98. The number of aromatic nitrogens is 2. The van der Waals surface area contributed by atoms with Gasteiger partial charge in [0.1, 0.15) is 5.69 Å². The van der Waals surface area contributed by atoms with Gasteiger partial charge in [-0.1, -0.05) is 13.0 Å². The van der Waals surface area contributed by atoms with Crippen molar-refractivity contribution in [3.8, 4) is 11.1 Å². The number of carbonyl (C=O) groups excluding carboxylic acids is 1. The summed E-state index contributed by atoms with van der Waals surface area (Å²) < 4.78 is 0. The fourth-order valence-electron chi connectivity index (χ4n) is 4.11. The maximum absolute atomic E-state index is 12.7. The van der Waals surface area contributed by atoms with Gasteiger partial charge >= 0.3 is 0 Å². The minimum absolute atomic E-state index is 0.0565. The van der Waals surface area contributed by atoms with Crippen molar-refractivity contribution in [2.75, 3.05) is 38.1 Å². The Labute approximate surface area is 184 Å². The number of hydrogen-bond donors (Lipinski definition) is 2. The molecule has 0 atom stereocenters. The number of likely N-dealkylation sites (N-methyl/N-ethyl adjacent to an activating group) is 1. The molecule has 2 aromatic heterocycles. The number of hydrogen-bond acceptors (Lipinski definition) is 5. The van der Waals surface area contributed by atoms with E-state index in [1.54, 1.807) is 12.3 Å². The van der Waals surface area contributed by atoms with E-state index in [4.69, 9.17) is 0 Å². The fraction of sp³-hybridized carbons (Fsp3) is 0.458. The standard InChI is InChI=1S/C24H33N5O2/c1-4-20-15-18(8-12-26-20)19-16-22(24(31)27-17-19)29(5-2)21-9-13-28(14-10-21)23(30)7-6-11-25-3/h6-8,12,15-17,21,25H,4-5,9-11,13-14H2,1-3H3,(H,27,31)/b7-6+. The SMILES string of the molecule is CCc1cc(-c2c[nH]c(=O)c(N(CC)C3CCN(C(=O)/C=C/CNC)CC3)c2)ccn1. The summed E-state index contributed by atoms with van der Waals surface area (Å²) in [4.78, 5) is 36.4. The van der Waals surface area contributed by atoms with Gasteiger partial charge in [-0.15, -0.1) is 0 Å². The quantitative estimate of drug-likeness (QED) is 0.638. The molecule has 1 fully saturated rings. The molecule has 3 heterocycles. The van der Waals surface area contributed by atoms with E-state index >= 15 is 0 Å². The van der Waals surface area contributed by atoms with Crippen LogP contribution in [0.5, 0.6) is 0 Å². The highest BCUT2D eigenvalue weighted by atomic mass is 16.2. The molecule has 1 saturated heterocycles. The number of anilines is 1. The molecular weight excluding hydrogens is 390 g/mol. The van der Waals surface area contributed by atoms with Crippen LogP contribution in [0.4, 0.5) is 5.69 Å². The number of amides is 1. The zero-order chi connectivity index (χ0) is 22.2. The van der Waals surface area contributed by atoms with Crippen molar-refractivity contribution in [3.63, 3.8) is 0 Å². The van der Waals surface area contributed by atoms with Gasteiger partial charge in [0.2, 0.25) is 5.91 Å². The van der Waals surface area contributed by atoms with Gasteiger partial charge in [-0.3, -0.25) is 14.6 Å². The highest BCUT2D eigenvalue weighted by Gasteiger charge is 2.27. The number of rotatable bonds is 8. The Hall–Kier alpha value is -2.93. The van der Waals surface area contributed by atoms with E-state index in [1.807, 2.05) is 36.4 Å². The largest absolute Gasteiger partial charge is 0.364 e. The lowest BCUT2D eigenvalue weighted by atomic mass is 10.0. The normalized spacial score (nSPS) is 14.9. The topological polar surface area (TPSA) is 81.3 Å². The van der Waals surface area contributed by atoms with Gasteiger partial charge in [0.05, 0.1) is 0 Å². The number of H-pyrrole nitrogens is 1. The number of likely N-dealkylation sites (tertiary alicyclic amines) is 1. The van der Waals surface area contributed by atoms with Crippen LogP contribution in [0, 0.1) is 0 Å². The molecule has 1 amide bonds. The Morgan fingerprint density at radius 2 is 2.06 bits per heavy atom. The second-order valence-corrected chi connectivity index (χ2v) is 7.79. The van der Waals surface area contributed by atoms with Gasteiger partial charge in [-0.05, 0) is 57.0 Å². The minimum Gasteiger partial charge on any atom is -0.364 e. The minimum atomic E-state index is -0.0797. The van der Waals surface area contributed by atoms with E-state index in [2.05, 4.69) is 40.1 Å². The van der Waals surface area contributed by atoms with Gasteiger partial charge < -0.3 is 20.1 Å². The van der Waals surface area contributed by atoms with Crippen molar-refractivity contribution in [3.05, 3.63) is 58.8 Å². The summed E-state index contributed by atoms with van der Waals surface area (Å²) in [7, 11) is 1.85. The number of pyridine rings is 2. The third-order valence-corrected chi connectivity index (χ3v) is 5.85. The first kappa shape index (κ1) is 22.7. The highest BCUT2D eigenvalue weighted by Crippen LogP contribution is 2.26. The average Bonchev–Trinajstić information content (AvgIpc) is 2.81. The molecule has 7 heteroatoms. The monoisotopic (exact) mass is 423 g/mol. The summed E-state index contributed by atoms with van der Waals surface area (Å²) in [6.07, 6.45) is 9.63. The number of piperidine rings is 1. The fourth-order valence-corrected chi connectivity index (χ4v) is 4.11. The molecule has 166 valence electrons. The molecule has 1 aliphatic heterocycles. The van der Waals surface area contributed by atoms with Gasteiger partial charge in [-0.2, -0.15) is 0 Å². The summed E-state index contributed by atoms with van der Waals surface area (Å²) in [5, 5.41) is 3.00. The molecule has 0 radical (unpaired) electrons. The molecule has 0 bridgehead atoms. The zero-order valence-electron chi connectivity index (χ0n) is 18.7. The first-order chi connectivity index (χ1) is 15.1.